The second-order valence-electron chi connectivity index (χ2n) is 3.99. The van der Waals surface area contributed by atoms with Crippen molar-refractivity contribution in [2.75, 3.05) is 33.0 Å². The third-order valence-corrected chi connectivity index (χ3v) is 4.38. The van der Waals surface area contributed by atoms with Gasteiger partial charge >= 0.3 is 0 Å². The summed E-state index contributed by atoms with van der Waals surface area (Å²) < 4.78 is 56.6. The summed E-state index contributed by atoms with van der Waals surface area (Å²) in [5, 5.41) is 0. The van der Waals surface area contributed by atoms with E-state index in [0.29, 0.717) is 13.0 Å². The van der Waals surface area contributed by atoms with E-state index in [1.165, 1.54) is 14.2 Å². The van der Waals surface area contributed by atoms with Crippen LogP contribution in [0.2, 0.25) is 0 Å². The number of nitrogen functional groups attached to an aromatic ring is 1. The number of ether oxygens (including phenoxy) is 1. The molecule has 0 aliphatic rings. The molecule has 0 heterocycles. The predicted octanol–water partition coefficient (Wildman–Crippen LogP) is 1.20. The number of methoxy groups -OCH3 is 1. The number of nitrogens with two attached hydrogens (primary N) is 1. The first-order chi connectivity index (χ1) is 8.80. The molecule has 0 saturated carbocycles. The van der Waals surface area contributed by atoms with Crippen molar-refractivity contribution in [2.45, 2.75) is 11.3 Å². The lowest BCUT2D eigenvalue weighted by Crippen LogP contribution is -2.29. The summed E-state index contributed by atoms with van der Waals surface area (Å²) in [4.78, 5) is -0.759. The molecule has 5 nitrogen and oxygen atoms in total. The Morgan fingerprint density at radius 3 is 2.58 bits per heavy atom. The number of halogens is 2. The molecule has 0 spiro atoms. The Morgan fingerprint density at radius 2 is 2.00 bits per heavy atom. The van der Waals surface area contributed by atoms with Crippen molar-refractivity contribution in [2.24, 2.45) is 0 Å². The molecule has 1 aromatic rings. The molecular weight excluding hydrogens is 278 g/mol. The summed E-state index contributed by atoms with van der Waals surface area (Å²) in [6.45, 7) is 0.500. The van der Waals surface area contributed by atoms with Crippen LogP contribution in [0, 0.1) is 11.6 Å². The molecule has 0 radical (unpaired) electrons. The first kappa shape index (κ1) is 15.8. The van der Waals surface area contributed by atoms with E-state index in [1.54, 1.807) is 0 Å². The molecule has 1 rings (SSSR count). The van der Waals surface area contributed by atoms with Crippen molar-refractivity contribution in [3.8, 4) is 0 Å². The monoisotopic (exact) mass is 294 g/mol. The molecule has 0 unspecified atom stereocenters. The molecule has 0 fully saturated rings. The lowest BCUT2D eigenvalue weighted by Gasteiger charge is -2.17. The first-order valence-corrected chi connectivity index (χ1v) is 6.94. The minimum Gasteiger partial charge on any atom is -0.399 e. The van der Waals surface area contributed by atoms with E-state index in [0.717, 1.165) is 16.4 Å². The quantitative estimate of drug-likeness (QED) is 0.632. The van der Waals surface area contributed by atoms with Crippen LogP contribution in [0.4, 0.5) is 14.5 Å². The zero-order valence-corrected chi connectivity index (χ0v) is 11.5. The van der Waals surface area contributed by atoms with Crippen LogP contribution in [0.1, 0.15) is 6.42 Å². The molecule has 0 amide bonds. The van der Waals surface area contributed by atoms with Crippen LogP contribution in [-0.2, 0) is 14.8 Å². The van der Waals surface area contributed by atoms with Crippen LogP contribution in [0.15, 0.2) is 17.0 Å². The van der Waals surface area contributed by atoms with Gasteiger partial charge in [-0.05, 0) is 18.6 Å². The minimum absolute atomic E-state index is 0.131. The summed E-state index contributed by atoms with van der Waals surface area (Å²) in [6, 6.07) is 1.64. The van der Waals surface area contributed by atoms with Gasteiger partial charge in [0.1, 0.15) is 4.90 Å². The standard InChI is InChI=1S/C11H16F2N2O3S/c1-15(4-3-5-18-2)19(16,17)10-7-8(14)6-9(12)11(10)13/h6-7H,3-5,14H2,1-2H3. The number of sulfonamides is 1. The van der Waals surface area contributed by atoms with Gasteiger partial charge in [0.25, 0.3) is 0 Å². The third kappa shape index (κ3) is 3.62. The van der Waals surface area contributed by atoms with Gasteiger partial charge in [-0.1, -0.05) is 0 Å². The van der Waals surface area contributed by atoms with Gasteiger partial charge in [0.15, 0.2) is 11.6 Å². The fourth-order valence-corrected chi connectivity index (χ4v) is 2.81. The predicted molar refractivity (Wildman–Crippen MR) is 67.1 cm³/mol. The van der Waals surface area contributed by atoms with E-state index in [1.807, 2.05) is 0 Å². The summed E-state index contributed by atoms with van der Waals surface area (Å²) in [5.74, 6) is -2.71. The average molecular weight is 294 g/mol. The number of anilines is 1. The highest BCUT2D eigenvalue weighted by atomic mass is 32.2. The Balaban J connectivity index is 3.06. The molecule has 0 bridgehead atoms. The van der Waals surface area contributed by atoms with Crippen LogP contribution in [0.3, 0.4) is 0 Å². The Morgan fingerprint density at radius 1 is 1.37 bits per heavy atom. The lowest BCUT2D eigenvalue weighted by atomic mass is 10.3. The van der Waals surface area contributed by atoms with Gasteiger partial charge in [0.2, 0.25) is 10.0 Å². The lowest BCUT2D eigenvalue weighted by molar-refractivity contribution is 0.189. The highest BCUT2D eigenvalue weighted by Gasteiger charge is 2.26. The SMILES string of the molecule is COCCCN(C)S(=O)(=O)c1cc(N)cc(F)c1F. The van der Waals surface area contributed by atoms with Gasteiger partial charge in [0.05, 0.1) is 0 Å². The largest absolute Gasteiger partial charge is 0.399 e. The second kappa shape index (κ2) is 6.27. The molecular formula is C11H16F2N2O3S. The summed E-state index contributed by atoms with van der Waals surface area (Å²) >= 11 is 0. The molecule has 19 heavy (non-hydrogen) atoms. The number of rotatable bonds is 6. The topological polar surface area (TPSA) is 72.6 Å². The molecule has 2 N–H and O–H groups in total. The number of hydrogen-bond donors (Lipinski definition) is 1. The van der Waals surface area contributed by atoms with Gasteiger partial charge in [-0.3, -0.25) is 0 Å². The van der Waals surface area contributed by atoms with E-state index < -0.39 is 26.6 Å². The number of benzene rings is 1. The molecule has 8 heteroatoms. The number of nitrogens with zero attached hydrogens (tertiary/aromatic N) is 1. The van der Waals surface area contributed by atoms with E-state index in [9.17, 15) is 17.2 Å². The van der Waals surface area contributed by atoms with Crippen LogP contribution < -0.4 is 5.73 Å². The second-order valence-corrected chi connectivity index (χ2v) is 6.00. The zero-order chi connectivity index (χ0) is 14.6. The molecule has 0 aliphatic carbocycles. The van der Waals surface area contributed by atoms with Crippen LogP contribution >= 0.6 is 0 Å². The van der Waals surface area contributed by atoms with Crippen molar-refractivity contribution >= 4 is 15.7 Å². The van der Waals surface area contributed by atoms with Gasteiger partial charge in [0, 0.05) is 33.0 Å². The molecule has 0 aliphatic heterocycles. The van der Waals surface area contributed by atoms with Crippen molar-refractivity contribution in [1.82, 2.24) is 4.31 Å². The van der Waals surface area contributed by atoms with E-state index in [-0.39, 0.29) is 12.2 Å². The maximum atomic E-state index is 13.6. The maximum Gasteiger partial charge on any atom is 0.245 e. The highest BCUT2D eigenvalue weighted by molar-refractivity contribution is 7.89. The van der Waals surface area contributed by atoms with Crippen LogP contribution in [0.5, 0.6) is 0 Å². The minimum atomic E-state index is -4.11. The van der Waals surface area contributed by atoms with Crippen LogP contribution in [0.25, 0.3) is 0 Å². The van der Waals surface area contributed by atoms with Gasteiger partial charge in [-0.25, -0.2) is 21.5 Å². The molecule has 0 saturated heterocycles. The molecule has 1 aromatic carbocycles. The first-order valence-electron chi connectivity index (χ1n) is 5.50. The van der Waals surface area contributed by atoms with Crippen LogP contribution in [-0.4, -0.2) is 40.0 Å². The molecule has 108 valence electrons. The van der Waals surface area contributed by atoms with Gasteiger partial charge in [-0.15, -0.1) is 0 Å². The van der Waals surface area contributed by atoms with E-state index in [2.05, 4.69) is 0 Å². The smallest absolute Gasteiger partial charge is 0.245 e. The fraction of sp³-hybridized carbons (Fsp3) is 0.455. The van der Waals surface area contributed by atoms with Gasteiger partial charge < -0.3 is 10.5 Å². The summed E-state index contributed by atoms with van der Waals surface area (Å²) in [7, 11) is -1.34. The Kier molecular flexibility index (Phi) is 5.21. The van der Waals surface area contributed by atoms with Crippen molar-refractivity contribution < 1.29 is 21.9 Å². The van der Waals surface area contributed by atoms with Crippen molar-refractivity contribution in [3.63, 3.8) is 0 Å². The third-order valence-electron chi connectivity index (χ3n) is 2.53. The average Bonchev–Trinajstić information content (AvgIpc) is 2.33. The van der Waals surface area contributed by atoms with E-state index >= 15 is 0 Å². The molecule has 0 aromatic heterocycles. The number of hydrogen-bond acceptors (Lipinski definition) is 4. The fourth-order valence-electron chi connectivity index (χ4n) is 1.49. The van der Waals surface area contributed by atoms with Crippen molar-refractivity contribution in [1.29, 1.82) is 0 Å². The van der Waals surface area contributed by atoms with E-state index in [4.69, 9.17) is 10.5 Å². The Hall–Kier alpha value is -1.25. The summed E-state index contributed by atoms with van der Waals surface area (Å²) in [6.07, 6.45) is 0.443. The maximum absolute atomic E-state index is 13.6. The Bertz CT molecular complexity index is 549. The zero-order valence-electron chi connectivity index (χ0n) is 10.7. The molecule has 0 atom stereocenters. The normalized spacial score (nSPS) is 12.1. The highest BCUT2D eigenvalue weighted by Crippen LogP contribution is 2.23. The Labute approximate surface area is 111 Å². The summed E-state index contributed by atoms with van der Waals surface area (Å²) in [5.41, 5.74) is 5.19. The van der Waals surface area contributed by atoms with Gasteiger partial charge in [-0.2, -0.15) is 0 Å². The van der Waals surface area contributed by atoms with Crippen molar-refractivity contribution in [3.05, 3.63) is 23.8 Å².